The normalized spacial score (nSPS) is 19.0. The zero-order valence-electron chi connectivity index (χ0n) is 13.7. The van der Waals surface area contributed by atoms with E-state index < -0.39 is 0 Å². The molecule has 0 saturated carbocycles. The Morgan fingerprint density at radius 3 is 2.80 bits per heavy atom. The van der Waals surface area contributed by atoms with Crippen LogP contribution in [0.2, 0.25) is 0 Å². The second-order valence-corrected chi connectivity index (χ2v) is 7.12. The maximum Gasteiger partial charge on any atom is 0.261 e. The number of amides is 1. The summed E-state index contributed by atoms with van der Waals surface area (Å²) in [6.07, 6.45) is 2.15. The Hall–Kier alpha value is -1.76. The van der Waals surface area contributed by atoms with Gasteiger partial charge in [0, 0.05) is 17.5 Å². The van der Waals surface area contributed by atoms with E-state index in [1.54, 1.807) is 0 Å². The van der Waals surface area contributed by atoms with Crippen molar-refractivity contribution in [3.63, 3.8) is 0 Å². The van der Waals surface area contributed by atoms with Crippen molar-refractivity contribution < 1.29 is 14.3 Å². The van der Waals surface area contributed by atoms with Gasteiger partial charge in [-0.15, -0.1) is 23.7 Å². The van der Waals surface area contributed by atoms with Crippen molar-refractivity contribution in [2.75, 3.05) is 26.3 Å². The molecule has 0 radical (unpaired) electrons. The van der Waals surface area contributed by atoms with E-state index in [1.807, 2.05) is 30.3 Å². The molecule has 1 saturated heterocycles. The average Bonchev–Trinajstić information content (AvgIpc) is 3.12. The van der Waals surface area contributed by atoms with Crippen molar-refractivity contribution in [2.45, 2.75) is 18.9 Å². The lowest BCUT2D eigenvalue weighted by atomic mass is 10.1. The van der Waals surface area contributed by atoms with Gasteiger partial charge in [-0.1, -0.05) is 0 Å². The second-order valence-electron chi connectivity index (χ2n) is 6.04. The lowest BCUT2D eigenvalue weighted by molar-refractivity contribution is 0.0935. The molecule has 0 bridgehead atoms. The predicted octanol–water partition coefficient (Wildman–Crippen LogP) is 3.09. The molecule has 4 rings (SSSR count). The maximum absolute atomic E-state index is 12.4. The van der Waals surface area contributed by atoms with Gasteiger partial charge in [0.15, 0.2) is 11.5 Å². The number of nitrogens with one attached hydrogen (secondary N) is 2. The summed E-state index contributed by atoms with van der Waals surface area (Å²) in [7, 11) is 0. The van der Waals surface area contributed by atoms with E-state index in [1.165, 1.54) is 11.3 Å². The first-order valence-corrected chi connectivity index (χ1v) is 9.13. The highest BCUT2D eigenvalue weighted by molar-refractivity contribution is 7.17. The summed E-state index contributed by atoms with van der Waals surface area (Å²) in [6, 6.07) is 10.0. The number of ether oxygens (including phenoxy) is 2. The van der Waals surface area contributed by atoms with Crippen LogP contribution in [0.3, 0.4) is 0 Å². The SMILES string of the molecule is Cl.O=C(N[C@H]1CCCNC1)c1ccc(-c2ccc3c(c2)OCCO3)s1. The number of carbonyl (C=O) groups is 1. The van der Waals surface area contributed by atoms with Crippen LogP contribution in [-0.4, -0.2) is 38.3 Å². The van der Waals surface area contributed by atoms with Gasteiger partial charge in [-0.2, -0.15) is 0 Å². The van der Waals surface area contributed by atoms with E-state index in [0.29, 0.717) is 13.2 Å². The van der Waals surface area contributed by atoms with Crippen LogP contribution in [0, 0.1) is 0 Å². The third-order valence-electron chi connectivity index (χ3n) is 4.29. The van der Waals surface area contributed by atoms with E-state index >= 15 is 0 Å². The van der Waals surface area contributed by atoms with Crippen molar-refractivity contribution >= 4 is 29.7 Å². The molecule has 134 valence electrons. The van der Waals surface area contributed by atoms with Gasteiger partial charge in [-0.05, 0) is 55.3 Å². The summed E-state index contributed by atoms with van der Waals surface area (Å²) < 4.78 is 11.2. The lowest BCUT2D eigenvalue weighted by Gasteiger charge is -2.23. The summed E-state index contributed by atoms with van der Waals surface area (Å²) >= 11 is 1.50. The summed E-state index contributed by atoms with van der Waals surface area (Å²) in [6.45, 7) is 3.06. The van der Waals surface area contributed by atoms with Gasteiger partial charge < -0.3 is 20.1 Å². The van der Waals surface area contributed by atoms with Crippen LogP contribution in [0.15, 0.2) is 30.3 Å². The van der Waals surface area contributed by atoms with Gasteiger partial charge >= 0.3 is 0 Å². The quantitative estimate of drug-likeness (QED) is 0.859. The van der Waals surface area contributed by atoms with Gasteiger partial charge in [0.05, 0.1) is 4.88 Å². The first kappa shape index (κ1) is 18.0. The van der Waals surface area contributed by atoms with Gasteiger partial charge in [0.1, 0.15) is 13.2 Å². The van der Waals surface area contributed by atoms with Crippen molar-refractivity contribution in [2.24, 2.45) is 0 Å². The fraction of sp³-hybridized carbons (Fsp3) is 0.389. The van der Waals surface area contributed by atoms with Crippen molar-refractivity contribution in [1.29, 1.82) is 0 Å². The Balaban J connectivity index is 0.00000182. The molecule has 0 aliphatic carbocycles. The second kappa shape index (κ2) is 8.08. The summed E-state index contributed by atoms with van der Waals surface area (Å²) in [5.41, 5.74) is 1.04. The molecule has 2 aliphatic rings. The number of rotatable bonds is 3. The van der Waals surface area contributed by atoms with Crippen LogP contribution in [-0.2, 0) is 0 Å². The number of piperidine rings is 1. The zero-order valence-corrected chi connectivity index (χ0v) is 15.4. The van der Waals surface area contributed by atoms with E-state index in [2.05, 4.69) is 10.6 Å². The van der Waals surface area contributed by atoms with Crippen molar-refractivity contribution in [3.05, 3.63) is 35.2 Å². The molecule has 25 heavy (non-hydrogen) atoms. The molecule has 1 aromatic carbocycles. The fourth-order valence-electron chi connectivity index (χ4n) is 3.04. The minimum atomic E-state index is 0. The molecule has 1 aromatic heterocycles. The molecule has 7 heteroatoms. The highest BCUT2D eigenvalue weighted by atomic mass is 35.5. The number of carbonyl (C=O) groups excluding carboxylic acids is 1. The molecular formula is C18H21ClN2O3S. The van der Waals surface area contributed by atoms with Crippen molar-refractivity contribution in [1.82, 2.24) is 10.6 Å². The first-order chi connectivity index (χ1) is 11.8. The van der Waals surface area contributed by atoms with Crippen LogP contribution in [0.5, 0.6) is 11.5 Å². The van der Waals surface area contributed by atoms with Crippen LogP contribution < -0.4 is 20.1 Å². The molecule has 2 aromatic rings. The predicted molar refractivity (Wildman–Crippen MR) is 101 cm³/mol. The Morgan fingerprint density at radius 2 is 2.00 bits per heavy atom. The van der Waals surface area contributed by atoms with E-state index in [0.717, 1.165) is 52.7 Å². The monoisotopic (exact) mass is 380 g/mol. The van der Waals surface area contributed by atoms with Gasteiger partial charge in [0.25, 0.3) is 5.91 Å². The molecule has 0 unspecified atom stereocenters. The maximum atomic E-state index is 12.4. The number of hydrogen-bond acceptors (Lipinski definition) is 5. The van der Waals surface area contributed by atoms with E-state index in [9.17, 15) is 4.79 Å². The summed E-state index contributed by atoms with van der Waals surface area (Å²) in [5, 5.41) is 6.43. The number of benzene rings is 1. The molecule has 2 N–H and O–H groups in total. The summed E-state index contributed by atoms with van der Waals surface area (Å²) in [5.74, 6) is 1.56. The molecule has 5 nitrogen and oxygen atoms in total. The first-order valence-electron chi connectivity index (χ1n) is 8.31. The van der Waals surface area contributed by atoms with Gasteiger partial charge in [0.2, 0.25) is 0 Å². The van der Waals surface area contributed by atoms with E-state index in [4.69, 9.17) is 9.47 Å². The fourth-order valence-corrected chi connectivity index (χ4v) is 3.95. The number of hydrogen-bond donors (Lipinski definition) is 2. The molecule has 1 amide bonds. The molecular weight excluding hydrogens is 360 g/mol. The number of fused-ring (bicyclic) bond motifs is 1. The third kappa shape index (κ3) is 4.08. The molecule has 1 fully saturated rings. The Morgan fingerprint density at radius 1 is 1.16 bits per heavy atom. The minimum Gasteiger partial charge on any atom is -0.486 e. The lowest BCUT2D eigenvalue weighted by Crippen LogP contribution is -2.45. The molecule has 2 aliphatic heterocycles. The highest BCUT2D eigenvalue weighted by Gasteiger charge is 2.18. The van der Waals surface area contributed by atoms with Crippen LogP contribution in [0.1, 0.15) is 22.5 Å². The van der Waals surface area contributed by atoms with E-state index in [-0.39, 0.29) is 24.4 Å². The zero-order chi connectivity index (χ0) is 16.4. The Bertz CT molecular complexity index is 744. The highest BCUT2D eigenvalue weighted by Crippen LogP contribution is 2.36. The summed E-state index contributed by atoms with van der Waals surface area (Å²) in [4.78, 5) is 14.2. The van der Waals surface area contributed by atoms with Crippen molar-refractivity contribution in [3.8, 4) is 21.9 Å². The molecule has 3 heterocycles. The standard InChI is InChI=1S/C18H20N2O3S.ClH/c21-18(20-13-2-1-7-19-11-13)17-6-5-16(24-17)12-3-4-14-15(10-12)23-9-8-22-14;/h3-6,10,13,19H,1-2,7-9,11H2,(H,20,21);1H/t13-;/m0./s1. The number of thiophene rings is 1. The number of halogens is 1. The Labute approximate surface area is 157 Å². The third-order valence-corrected chi connectivity index (χ3v) is 5.42. The molecule has 1 atom stereocenters. The van der Waals surface area contributed by atoms with Gasteiger partial charge in [-0.3, -0.25) is 4.79 Å². The smallest absolute Gasteiger partial charge is 0.261 e. The Kier molecular flexibility index (Phi) is 5.83. The average molecular weight is 381 g/mol. The largest absolute Gasteiger partial charge is 0.486 e. The minimum absolute atomic E-state index is 0. The molecule has 0 spiro atoms. The van der Waals surface area contributed by atoms with Crippen LogP contribution in [0.4, 0.5) is 0 Å². The van der Waals surface area contributed by atoms with Gasteiger partial charge in [-0.25, -0.2) is 0 Å². The topological polar surface area (TPSA) is 59.6 Å². The van der Waals surface area contributed by atoms with Crippen LogP contribution in [0.25, 0.3) is 10.4 Å². The van der Waals surface area contributed by atoms with Crippen LogP contribution >= 0.6 is 23.7 Å².